The molecule has 25 heavy (non-hydrogen) atoms. The smallest absolute Gasteiger partial charge is 0.129 e. The van der Waals surface area contributed by atoms with Gasteiger partial charge in [-0.2, -0.15) is 0 Å². The van der Waals surface area contributed by atoms with Crippen LogP contribution in [0.2, 0.25) is 0 Å². The van der Waals surface area contributed by atoms with E-state index in [2.05, 4.69) is 32.7 Å². The van der Waals surface area contributed by atoms with Crippen LogP contribution in [0, 0.1) is 5.82 Å². The average molecular weight is 334 g/mol. The molecular formula is C20H19FN4. The van der Waals surface area contributed by atoms with Gasteiger partial charge in [-0.3, -0.25) is 0 Å². The van der Waals surface area contributed by atoms with Crippen molar-refractivity contribution in [2.45, 2.75) is 18.9 Å². The third-order valence-corrected chi connectivity index (χ3v) is 4.49. The van der Waals surface area contributed by atoms with E-state index in [1.54, 1.807) is 12.1 Å². The molecule has 0 spiro atoms. The van der Waals surface area contributed by atoms with Gasteiger partial charge in [0.1, 0.15) is 17.5 Å². The largest absolute Gasteiger partial charge is 0.369 e. The number of rotatable bonds is 5. The Kier molecular flexibility index (Phi) is 4.29. The summed E-state index contributed by atoms with van der Waals surface area (Å²) in [6.07, 6.45) is 4.68. The molecule has 1 aliphatic rings. The van der Waals surface area contributed by atoms with Crippen molar-refractivity contribution in [3.63, 3.8) is 0 Å². The molecule has 1 atom stereocenters. The Morgan fingerprint density at radius 2 is 1.88 bits per heavy atom. The van der Waals surface area contributed by atoms with Gasteiger partial charge in [-0.1, -0.05) is 24.3 Å². The van der Waals surface area contributed by atoms with Crippen LogP contribution in [0.5, 0.6) is 0 Å². The number of fused-ring (bicyclic) bond motifs is 1. The Morgan fingerprint density at radius 3 is 2.68 bits per heavy atom. The maximum Gasteiger partial charge on any atom is 0.129 e. The minimum Gasteiger partial charge on any atom is -0.369 e. The van der Waals surface area contributed by atoms with Crippen molar-refractivity contribution < 1.29 is 4.39 Å². The average Bonchev–Trinajstić information content (AvgIpc) is 3.06. The second kappa shape index (κ2) is 6.89. The molecule has 4 nitrogen and oxygen atoms in total. The molecule has 0 saturated carbocycles. The molecular weight excluding hydrogens is 315 g/mol. The van der Waals surface area contributed by atoms with Gasteiger partial charge in [0, 0.05) is 31.4 Å². The van der Waals surface area contributed by atoms with Crippen molar-refractivity contribution in [2.24, 2.45) is 0 Å². The fourth-order valence-corrected chi connectivity index (χ4v) is 3.14. The number of hydrogen-bond donors (Lipinski definition) is 2. The molecule has 0 bridgehead atoms. The summed E-state index contributed by atoms with van der Waals surface area (Å²) in [5.74, 6) is 2.03. The minimum absolute atomic E-state index is 0.218. The lowest BCUT2D eigenvalue weighted by Crippen LogP contribution is -2.06. The summed E-state index contributed by atoms with van der Waals surface area (Å²) in [4.78, 5) is 8.85. The van der Waals surface area contributed by atoms with E-state index in [1.807, 2.05) is 24.5 Å². The van der Waals surface area contributed by atoms with Crippen LogP contribution in [0.15, 0.2) is 60.9 Å². The Bertz CT molecular complexity index is 846. The predicted octanol–water partition coefficient (Wildman–Crippen LogP) is 3.98. The first kappa shape index (κ1) is 15.6. The summed E-state index contributed by atoms with van der Waals surface area (Å²) in [5, 5.41) is 6.61. The number of nitrogens with one attached hydrogen (secondary N) is 2. The summed E-state index contributed by atoms with van der Waals surface area (Å²) >= 11 is 0. The molecule has 5 heteroatoms. The monoisotopic (exact) mass is 334 g/mol. The lowest BCUT2D eigenvalue weighted by molar-refractivity contribution is 0.627. The molecule has 2 aromatic heterocycles. The number of nitrogens with zero attached hydrogens (tertiary/aromatic N) is 2. The first-order valence-electron chi connectivity index (χ1n) is 8.40. The van der Waals surface area contributed by atoms with Crippen LogP contribution < -0.4 is 10.6 Å². The Hall–Kier alpha value is -2.95. The van der Waals surface area contributed by atoms with Gasteiger partial charge >= 0.3 is 0 Å². The highest BCUT2D eigenvalue weighted by Gasteiger charge is 2.22. The zero-order valence-electron chi connectivity index (χ0n) is 13.7. The van der Waals surface area contributed by atoms with E-state index >= 15 is 0 Å². The van der Waals surface area contributed by atoms with Crippen molar-refractivity contribution in [1.82, 2.24) is 9.97 Å². The number of benzene rings is 1. The number of aromatic nitrogens is 2. The lowest BCUT2D eigenvalue weighted by Gasteiger charge is -2.11. The van der Waals surface area contributed by atoms with Gasteiger partial charge in [0.15, 0.2) is 0 Å². The molecule has 2 N–H and O–H groups in total. The van der Waals surface area contributed by atoms with Crippen LogP contribution in [0.25, 0.3) is 0 Å². The van der Waals surface area contributed by atoms with Gasteiger partial charge in [-0.25, -0.2) is 14.4 Å². The highest BCUT2D eigenvalue weighted by atomic mass is 19.1. The molecule has 3 aromatic rings. The standard InChI is InChI=1S/C20H19FN4/c21-17-6-3-14(4-7-17)11-23-19-8-5-15(12-24-19)10-16-13-25-20-18(16)2-1-9-22-20/h1-9,12,16H,10-11,13H2,(H,22,25)(H,23,24). The fourth-order valence-electron chi connectivity index (χ4n) is 3.14. The summed E-state index contributed by atoms with van der Waals surface area (Å²) in [6.45, 7) is 1.54. The van der Waals surface area contributed by atoms with E-state index in [-0.39, 0.29) is 5.82 Å². The third-order valence-electron chi connectivity index (χ3n) is 4.49. The van der Waals surface area contributed by atoms with Crippen molar-refractivity contribution in [3.05, 3.63) is 83.4 Å². The topological polar surface area (TPSA) is 49.8 Å². The van der Waals surface area contributed by atoms with Crippen molar-refractivity contribution in [3.8, 4) is 0 Å². The summed E-state index contributed by atoms with van der Waals surface area (Å²) in [7, 11) is 0. The van der Waals surface area contributed by atoms with E-state index in [0.717, 1.165) is 30.2 Å². The van der Waals surface area contributed by atoms with Crippen LogP contribution >= 0.6 is 0 Å². The van der Waals surface area contributed by atoms with Gasteiger partial charge in [-0.05, 0) is 47.4 Å². The number of hydrogen-bond acceptors (Lipinski definition) is 4. The van der Waals surface area contributed by atoms with Crippen LogP contribution in [0.1, 0.15) is 22.6 Å². The van der Waals surface area contributed by atoms with E-state index in [0.29, 0.717) is 12.5 Å². The third kappa shape index (κ3) is 3.60. The van der Waals surface area contributed by atoms with Crippen molar-refractivity contribution >= 4 is 11.6 Å². The van der Waals surface area contributed by atoms with Crippen molar-refractivity contribution in [2.75, 3.05) is 17.2 Å². The summed E-state index contributed by atoms with van der Waals surface area (Å²) in [6, 6.07) is 14.7. The van der Waals surface area contributed by atoms with E-state index in [1.165, 1.54) is 23.3 Å². The molecule has 0 amide bonds. The minimum atomic E-state index is -0.218. The van der Waals surface area contributed by atoms with E-state index in [9.17, 15) is 4.39 Å². The molecule has 0 aliphatic carbocycles. The van der Waals surface area contributed by atoms with Crippen molar-refractivity contribution in [1.29, 1.82) is 0 Å². The quantitative estimate of drug-likeness (QED) is 0.741. The highest BCUT2D eigenvalue weighted by Crippen LogP contribution is 2.31. The van der Waals surface area contributed by atoms with Crippen LogP contribution in [0.4, 0.5) is 16.0 Å². The second-order valence-corrected chi connectivity index (χ2v) is 6.25. The van der Waals surface area contributed by atoms with Gasteiger partial charge in [-0.15, -0.1) is 0 Å². The first-order valence-corrected chi connectivity index (χ1v) is 8.40. The van der Waals surface area contributed by atoms with Crippen LogP contribution in [0.3, 0.4) is 0 Å². The maximum atomic E-state index is 12.9. The zero-order valence-corrected chi connectivity index (χ0v) is 13.7. The maximum absolute atomic E-state index is 12.9. The molecule has 3 heterocycles. The van der Waals surface area contributed by atoms with Gasteiger partial charge < -0.3 is 10.6 Å². The summed E-state index contributed by atoms with van der Waals surface area (Å²) < 4.78 is 12.9. The molecule has 4 rings (SSSR count). The number of anilines is 2. The Balaban J connectivity index is 1.37. The van der Waals surface area contributed by atoms with Crippen LogP contribution in [-0.2, 0) is 13.0 Å². The van der Waals surface area contributed by atoms with E-state index in [4.69, 9.17) is 0 Å². The molecule has 1 aliphatic heterocycles. The molecule has 0 saturated heterocycles. The molecule has 126 valence electrons. The number of halogens is 1. The SMILES string of the molecule is Fc1ccc(CNc2ccc(CC3CNc4ncccc43)cn2)cc1. The predicted molar refractivity (Wildman–Crippen MR) is 97.1 cm³/mol. The highest BCUT2D eigenvalue weighted by molar-refractivity contribution is 5.52. The summed E-state index contributed by atoms with van der Waals surface area (Å²) in [5.41, 5.74) is 3.50. The van der Waals surface area contributed by atoms with Gasteiger partial charge in [0.2, 0.25) is 0 Å². The molecule has 1 unspecified atom stereocenters. The molecule has 0 radical (unpaired) electrons. The molecule has 0 fully saturated rings. The number of pyridine rings is 2. The Labute approximate surface area is 146 Å². The fraction of sp³-hybridized carbons (Fsp3) is 0.200. The second-order valence-electron chi connectivity index (χ2n) is 6.25. The van der Waals surface area contributed by atoms with Gasteiger partial charge in [0.25, 0.3) is 0 Å². The van der Waals surface area contributed by atoms with E-state index < -0.39 is 0 Å². The Morgan fingerprint density at radius 1 is 1.04 bits per heavy atom. The van der Waals surface area contributed by atoms with Gasteiger partial charge in [0.05, 0.1) is 0 Å². The first-order chi connectivity index (χ1) is 12.3. The molecule has 1 aromatic carbocycles. The lowest BCUT2D eigenvalue weighted by atomic mass is 9.96. The zero-order chi connectivity index (χ0) is 17.1. The normalized spacial score (nSPS) is 15.5. The van der Waals surface area contributed by atoms with Crippen LogP contribution in [-0.4, -0.2) is 16.5 Å².